The molecule has 0 radical (unpaired) electrons. The molecule has 0 aromatic rings. The molecule has 0 aromatic carbocycles. The molecule has 1 heterocycles. The Morgan fingerprint density at radius 3 is 2.73 bits per heavy atom. The molecule has 0 amide bonds. The third kappa shape index (κ3) is 1.61. The van der Waals surface area contributed by atoms with Crippen LogP contribution in [-0.2, 0) is 0 Å². The lowest BCUT2D eigenvalue weighted by Gasteiger charge is -2.20. The fourth-order valence-corrected chi connectivity index (χ4v) is 1.11. The van der Waals surface area contributed by atoms with Gasteiger partial charge < -0.3 is 4.90 Å². The highest BCUT2D eigenvalue weighted by Gasteiger charge is 2.04. The van der Waals surface area contributed by atoms with Crippen LogP contribution < -0.4 is 0 Å². The standard InChI is InChI=1S/C10H13N/c1-4-9-6-7-11(3)8-10(9)5-2/h4-7H,1-2,8H2,3H3. The lowest BCUT2D eigenvalue weighted by atomic mass is 10.1. The summed E-state index contributed by atoms with van der Waals surface area (Å²) in [6.07, 6.45) is 7.84. The van der Waals surface area contributed by atoms with Gasteiger partial charge in [0, 0.05) is 13.6 Å². The zero-order chi connectivity index (χ0) is 8.27. The van der Waals surface area contributed by atoms with Gasteiger partial charge in [-0.05, 0) is 23.4 Å². The molecule has 0 atom stereocenters. The highest BCUT2D eigenvalue weighted by atomic mass is 15.1. The Morgan fingerprint density at radius 1 is 1.45 bits per heavy atom. The van der Waals surface area contributed by atoms with Crippen LogP contribution in [0.15, 0.2) is 48.7 Å². The van der Waals surface area contributed by atoms with Gasteiger partial charge in [0.1, 0.15) is 0 Å². The molecule has 0 saturated carbocycles. The van der Waals surface area contributed by atoms with Crippen molar-refractivity contribution in [3.63, 3.8) is 0 Å². The first-order chi connectivity index (χ1) is 5.27. The molecule has 11 heavy (non-hydrogen) atoms. The van der Waals surface area contributed by atoms with Crippen molar-refractivity contribution in [3.8, 4) is 0 Å². The third-order valence-corrected chi connectivity index (χ3v) is 1.77. The van der Waals surface area contributed by atoms with Crippen molar-refractivity contribution in [2.24, 2.45) is 0 Å². The summed E-state index contributed by atoms with van der Waals surface area (Å²) in [6.45, 7) is 8.41. The Morgan fingerprint density at radius 2 is 2.18 bits per heavy atom. The van der Waals surface area contributed by atoms with Gasteiger partial charge in [0.15, 0.2) is 0 Å². The van der Waals surface area contributed by atoms with Crippen molar-refractivity contribution in [1.82, 2.24) is 4.90 Å². The minimum absolute atomic E-state index is 0.932. The number of hydrogen-bond acceptors (Lipinski definition) is 1. The number of likely N-dealkylation sites (N-methyl/N-ethyl adjacent to an activating group) is 1. The molecule has 1 heteroatoms. The molecule has 1 aliphatic heterocycles. The van der Waals surface area contributed by atoms with E-state index in [1.807, 2.05) is 31.5 Å². The van der Waals surface area contributed by atoms with Crippen molar-refractivity contribution < 1.29 is 0 Å². The van der Waals surface area contributed by atoms with Crippen molar-refractivity contribution in [3.05, 3.63) is 48.7 Å². The van der Waals surface area contributed by atoms with Crippen LogP contribution in [0.25, 0.3) is 0 Å². The first-order valence-corrected chi connectivity index (χ1v) is 3.64. The van der Waals surface area contributed by atoms with Gasteiger partial charge in [0.2, 0.25) is 0 Å². The van der Waals surface area contributed by atoms with Gasteiger partial charge >= 0.3 is 0 Å². The van der Waals surface area contributed by atoms with Crippen molar-refractivity contribution in [2.45, 2.75) is 0 Å². The van der Waals surface area contributed by atoms with Crippen LogP contribution in [0.1, 0.15) is 0 Å². The average molecular weight is 147 g/mol. The van der Waals surface area contributed by atoms with Crippen LogP contribution in [0.3, 0.4) is 0 Å². The quantitative estimate of drug-likeness (QED) is 0.578. The van der Waals surface area contributed by atoms with E-state index in [2.05, 4.69) is 18.1 Å². The predicted octanol–water partition coefficient (Wildman–Crippen LogP) is 2.11. The fourth-order valence-electron chi connectivity index (χ4n) is 1.11. The molecule has 0 aliphatic carbocycles. The monoisotopic (exact) mass is 147 g/mol. The zero-order valence-electron chi connectivity index (χ0n) is 6.88. The Bertz CT molecular complexity index is 233. The number of allylic oxidation sites excluding steroid dienone is 3. The summed E-state index contributed by atoms with van der Waals surface area (Å²) in [5.41, 5.74) is 2.42. The second-order valence-electron chi connectivity index (χ2n) is 2.62. The Balaban J connectivity index is 2.93. The topological polar surface area (TPSA) is 3.24 Å². The van der Waals surface area contributed by atoms with E-state index in [9.17, 15) is 0 Å². The van der Waals surface area contributed by atoms with Crippen molar-refractivity contribution in [2.75, 3.05) is 13.6 Å². The van der Waals surface area contributed by atoms with Gasteiger partial charge in [0.25, 0.3) is 0 Å². The smallest absolute Gasteiger partial charge is 0.0426 e. The van der Waals surface area contributed by atoms with E-state index < -0.39 is 0 Å². The molecule has 0 unspecified atom stereocenters. The third-order valence-electron chi connectivity index (χ3n) is 1.77. The highest BCUT2D eigenvalue weighted by Crippen LogP contribution is 2.14. The van der Waals surface area contributed by atoms with E-state index in [1.165, 1.54) is 11.1 Å². The molecule has 0 saturated heterocycles. The van der Waals surface area contributed by atoms with Gasteiger partial charge in [-0.25, -0.2) is 0 Å². The summed E-state index contributed by atoms with van der Waals surface area (Å²) in [7, 11) is 2.04. The van der Waals surface area contributed by atoms with E-state index >= 15 is 0 Å². The minimum Gasteiger partial charge on any atom is -0.376 e. The summed E-state index contributed by atoms with van der Waals surface area (Å²) in [5.74, 6) is 0. The molecule has 0 spiro atoms. The Labute approximate surface area is 68.0 Å². The van der Waals surface area contributed by atoms with Crippen LogP contribution >= 0.6 is 0 Å². The number of hydrogen-bond donors (Lipinski definition) is 0. The van der Waals surface area contributed by atoms with E-state index in [0.29, 0.717) is 0 Å². The summed E-state index contributed by atoms with van der Waals surface area (Å²) in [6, 6.07) is 0. The molecule has 0 bridgehead atoms. The molecule has 1 nitrogen and oxygen atoms in total. The SMILES string of the molecule is C=CC1=C(C=C)CN(C)C=C1. The van der Waals surface area contributed by atoms with Gasteiger partial charge in [-0.3, -0.25) is 0 Å². The number of nitrogens with zero attached hydrogens (tertiary/aromatic N) is 1. The maximum absolute atomic E-state index is 3.75. The van der Waals surface area contributed by atoms with E-state index in [1.54, 1.807) is 0 Å². The van der Waals surface area contributed by atoms with Gasteiger partial charge in [-0.15, -0.1) is 0 Å². The van der Waals surface area contributed by atoms with Gasteiger partial charge in [-0.1, -0.05) is 25.3 Å². The largest absolute Gasteiger partial charge is 0.376 e. The summed E-state index contributed by atoms with van der Waals surface area (Å²) in [5, 5.41) is 0. The number of rotatable bonds is 2. The minimum atomic E-state index is 0.932. The molecule has 0 fully saturated rings. The fraction of sp³-hybridized carbons (Fsp3) is 0.200. The van der Waals surface area contributed by atoms with Crippen molar-refractivity contribution in [1.29, 1.82) is 0 Å². The zero-order valence-corrected chi connectivity index (χ0v) is 6.88. The second kappa shape index (κ2) is 3.24. The molecule has 0 N–H and O–H groups in total. The van der Waals surface area contributed by atoms with Crippen LogP contribution in [0.4, 0.5) is 0 Å². The Hall–Kier alpha value is -1.24. The lowest BCUT2D eigenvalue weighted by Crippen LogP contribution is -2.17. The summed E-state index contributed by atoms with van der Waals surface area (Å²) < 4.78 is 0. The molecular weight excluding hydrogens is 134 g/mol. The van der Waals surface area contributed by atoms with Crippen LogP contribution in [0, 0.1) is 0 Å². The molecular formula is C10H13N. The van der Waals surface area contributed by atoms with Gasteiger partial charge in [-0.2, -0.15) is 0 Å². The molecule has 1 rings (SSSR count). The lowest BCUT2D eigenvalue weighted by molar-refractivity contribution is 0.493. The van der Waals surface area contributed by atoms with E-state index in [-0.39, 0.29) is 0 Å². The van der Waals surface area contributed by atoms with E-state index in [4.69, 9.17) is 0 Å². The van der Waals surface area contributed by atoms with E-state index in [0.717, 1.165) is 6.54 Å². The summed E-state index contributed by atoms with van der Waals surface area (Å²) in [4.78, 5) is 2.12. The second-order valence-corrected chi connectivity index (χ2v) is 2.62. The molecule has 0 aromatic heterocycles. The average Bonchev–Trinajstić information content (AvgIpc) is 2.04. The predicted molar refractivity (Wildman–Crippen MR) is 49.2 cm³/mol. The summed E-state index contributed by atoms with van der Waals surface area (Å²) >= 11 is 0. The highest BCUT2D eigenvalue weighted by molar-refractivity contribution is 5.42. The van der Waals surface area contributed by atoms with Crippen LogP contribution in [-0.4, -0.2) is 18.5 Å². The first kappa shape index (κ1) is 7.86. The maximum Gasteiger partial charge on any atom is 0.0426 e. The first-order valence-electron chi connectivity index (χ1n) is 3.64. The Kier molecular flexibility index (Phi) is 2.32. The maximum atomic E-state index is 3.75. The van der Waals surface area contributed by atoms with Crippen molar-refractivity contribution >= 4 is 0 Å². The normalized spacial score (nSPS) is 17.0. The molecule has 58 valence electrons. The molecule has 1 aliphatic rings. The van der Waals surface area contributed by atoms with Crippen LogP contribution in [0.5, 0.6) is 0 Å². The van der Waals surface area contributed by atoms with Gasteiger partial charge in [0.05, 0.1) is 0 Å². The van der Waals surface area contributed by atoms with Crippen LogP contribution in [0.2, 0.25) is 0 Å².